The number of rotatable bonds is 3. The normalized spacial score (nSPS) is 26.0. The smallest absolute Gasteiger partial charge is 0.223 e. The van der Waals surface area contributed by atoms with Crippen LogP contribution in [0.1, 0.15) is 24.4 Å². The van der Waals surface area contributed by atoms with Crippen LogP contribution >= 0.6 is 11.6 Å². The molecule has 0 radical (unpaired) electrons. The van der Waals surface area contributed by atoms with E-state index in [2.05, 4.69) is 5.32 Å². The molecule has 4 nitrogen and oxygen atoms in total. The summed E-state index contributed by atoms with van der Waals surface area (Å²) in [6.45, 7) is 3.84. The zero-order valence-electron chi connectivity index (χ0n) is 12.1. The summed E-state index contributed by atoms with van der Waals surface area (Å²) in [7, 11) is 0. The van der Waals surface area contributed by atoms with Gasteiger partial charge in [-0.15, -0.1) is 0 Å². The van der Waals surface area contributed by atoms with Crippen LogP contribution in [0.5, 0.6) is 0 Å². The van der Waals surface area contributed by atoms with Gasteiger partial charge in [0.05, 0.1) is 6.04 Å². The second-order valence-corrected chi connectivity index (χ2v) is 6.17. The predicted octanol–water partition coefficient (Wildman–Crippen LogP) is 2.24. The van der Waals surface area contributed by atoms with Crippen molar-refractivity contribution in [2.24, 2.45) is 5.92 Å². The summed E-state index contributed by atoms with van der Waals surface area (Å²) in [5.41, 5.74) is 1.03. The summed E-state index contributed by atoms with van der Waals surface area (Å²) in [5, 5.41) is 4.09. The molecule has 1 aromatic rings. The standard InChI is InChI=1S/C16H21ClN2O2/c17-14-4-2-1-3-13(14)15-10-18-6-7-19(15)16(20)9-12-5-8-21-11-12/h1-4,12,15,18H,5-11H2. The minimum Gasteiger partial charge on any atom is -0.381 e. The molecule has 114 valence electrons. The summed E-state index contributed by atoms with van der Waals surface area (Å²) >= 11 is 6.31. The third kappa shape index (κ3) is 3.39. The van der Waals surface area contributed by atoms with Crippen LogP contribution in [-0.4, -0.2) is 43.7 Å². The van der Waals surface area contributed by atoms with E-state index in [4.69, 9.17) is 16.3 Å². The minimum atomic E-state index is 0.0299. The molecule has 2 aliphatic heterocycles. The van der Waals surface area contributed by atoms with E-state index in [1.54, 1.807) is 0 Å². The van der Waals surface area contributed by atoms with E-state index < -0.39 is 0 Å². The Balaban J connectivity index is 1.74. The zero-order valence-corrected chi connectivity index (χ0v) is 12.8. The van der Waals surface area contributed by atoms with E-state index in [1.165, 1.54) is 0 Å². The highest BCUT2D eigenvalue weighted by Crippen LogP contribution is 2.30. The Morgan fingerprint density at radius 2 is 2.29 bits per heavy atom. The first kappa shape index (κ1) is 14.8. The monoisotopic (exact) mass is 308 g/mol. The molecule has 5 heteroatoms. The Morgan fingerprint density at radius 3 is 3.05 bits per heavy atom. The molecule has 1 aromatic carbocycles. The Labute approximate surface area is 130 Å². The second-order valence-electron chi connectivity index (χ2n) is 5.76. The molecule has 1 N–H and O–H groups in total. The third-order valence-electron chi connectivity index (χ3n) is 4.32. The molecule has 21 heavy (non-hydrogen) atoms. The van der Waals surface area contributed by atoms with Crippen LogP contribution in [0.15, 0.2) is 24.3 Å². The van der Waals surface area contributed by atoms with E-state index >= 15 is 0 Å². The molecule has 2 atom stereocenters. The molecule has 3 rings (SSSR count). The van der Waals surface area contributed by atoms with Gasteiger partial charge in [0.25, 0.3) is 0 Å². The van der Waals surface area contributed by atoms with Crippen molar-refractivity contribution in [2.45, 2.75) is 18.9 Å². The molecule has 0 spiro atoms. The molecule has 0 bridgehead atoms. The van der Waals surface area contributed by atoms with Crippen molar-refractivity contribution in [2.75, 3.05) is 32.8 Å². The van der Waals surface area contributed by atoms with Crippen LogP contribution in [-0.2, 0) is 9.53 Å². The Kier molecular flexibility index (Phi) is 4.78. The molecule has 2 saturated heterocycles. The lowest BCUT2D eigenvalue weighted by Gasteiger charge is -2.37. The first-order chi connectivity index (χ1) is 10.3. The number of piperazine rings is 1. The summed E-state index contributed by atoms with van der Waals surface area (Å²) in [6, 6.07) is 7.83. The lowest BCUT2D eigenvalue weighted by molar-refractivity contribution is -0.135. The number of nitrogens with zero attached hydrogens (tertiary/aromatic N) is 1. The van der Waals surface area contributed by atoms with Gasteiger partial charge >= 0.3 is 0 Å². The van der Waals surface area contributed by atoms with Crippen molar-refractivity contribution >= 4 is 17.5 Å². The molecule has 2 heterocycles. The SMILES string of the molecule is O=C(CC1CCOC1)N1CCNCC1c1ccccc1Cl. The van der Waals surface area contributed by atoms with E-state index in [1.807, 2.05) is 29.2 Å². The van der Waals surface area contributed by atoms with Gasteiger partial charge in [-0.25, -0.2) is 0 Å². The first-order valence-electron chi connectivity index (χ1n) is 7.58. The number of benzene rings is 1. The molecule has 0 saturated carbocycles. The number of hydrogen-bond donors (Lipinski definition) is 1. The first-order valence-corrected chi connectivity index (χ1v) is 7.96. The molecular formula is C16H21ClN2O2. The summed E-state index contributed by atoms with van der Waals surface area (Å²) in [5.74, 6) is 0.594. The van der Waals surface area contributed by atoms with E-state index in [9.17, 15) is 4.79 Å². The third-order valence-corrected chi connectivity index (χ3v) is 4.66. The molecule has 1 amide bonds. The summed E-state index contributed by atoms with van der Waals surface area (Å²) in [4.78, 5) is 14.6. The van der Waals surface area contributed by atoms with Crippen LogP contribution in [0, 0.1) is 5.92 Å². The highest BCUT2D eigenvalue weighted by atomic mass is 35.5. The van der Waals surface area contributed by atoms with Crippen LogP contribution < -0.4 is 5.32 Å². The number of nitrogens with one attached hydrogen (secondary N) is 1. The Hall–Kier alpha value is -1.10. The molecular weight excluding hydrogens is 288 g/mol. The number of carbonyl (C=O) groups is 1. The number of hydrogen-bond acceptors (Lipinski definition) is 3. The van der Waals surface area contributed by atoms with Gasteiger partial charge in [-0.05, 0) is 24.0 Å². The lowest BCUT2D eigenvalue weighted by Crippen LogP contribution is -2.49. The minimum absolute atomic E-state index is 0.0299. The van der Waals surface area contributed by atoms with Gasteiger partial charge in [-0.1, -0.05) is 29.8 Å². The highest BCUT2D eigenvalue weighted by molar-refractivity contribution is 6.31. The molecule has 2 aliphatic rings. The largest absolute Gasteiger partial charge is 0.381 e. The Bertz CT molecular complexity index is 503. The number of amides is 1. The van der Waals surface area contributed by atoms with Gasteiger partial charge < -0.3 is 15.0 Å². The summed E-state index contributed by atoms with van der Waals surface area (Å²) < 4.78 is 5.37. The summed E-state index contributed by atoms with van der Waals surface area (Å²) in [6.07, 6.45) is 1.58. The van der Waals surface area contributed by atoms with Crippen molar-refractivity contribution in [1.29, 1.82) is 0 Å². The average Bonchev–Trinajstić information content (AvgIpc) is 3.01. The van der Waals surface area contributed by atoms with E-state index in [0.717, 1.165) is 43.2 Å². The second kappa shape index (κ2) is 6.77. The fourth-order valence-corrected chi connectivity index (χ4v) is 3.40. The van der Waals surface area contributed by atoms with Crippen LogP contribution in [0.2, 0.25) is 5.02 Å². The zero-order chi connectivity index (χ0) is 14.7. The van der Waals surface area contributed by atoms with Crippen molar-refractivity contribution in [3.05, 3.63) is 34.9 Å². The van der Waals surface area contributed by atoms with Gasteiger partial charge in [0.2, 0.25) is 5.91 Å². The molecule has 2 fully saturated rings. The number of ether oxygens (including phenoxy) is 1. The quantitative estimate of drug-likeness (QED) is 0.931. The Morgan fingerprint density at radius 1 is 1.43 bits per heavy atom. The van der Waals surface area contributed by atoms with Crippen molar-refractivity contribution in [1.82, 2.24) is 10.2 Å². The van der Waals surface area contributed by atoms with Gasteiger partial charge in [0, 0.05) is 44.3 Å². The van der Waals surface area contributed by atoms with Crippen LogP contribution in [0.3, 0.4) is 0 Å². The van der Waals surface area contributed by atoms with Gasteiger partial charge in [0.15, 0.2) is 0 Å². The van der Waals surface area contributed by atoms with E-state index in [-0.39, 0.29) is 11.9 Å². The van der Waals surface area contributed by atoms with E-state index in [0.29, 0.717) is 18.9 Å². The lowest BCUT2D eigenvalue weighted by atomic mass is 9.99. The molecule has 0 aliphatic carbocycles. The van der Waals surface area contributed by atoms with Crippen LogP contribution in [0.4, 0.5) is 0 Å². The highest BCUT2D eigenvalue weighted by Gasteiger charge is 2.31. The van der Waals surface area contributed by atoms with Gasteiger partial charge in [-0.2, -0.15) is 0 Å². The topological polar surface area (TPSA) is 41.6 Å². The van der Waals surface area contributed by atoms with Gasteiger partial charge in [-0.3, -0.25) is 4.79 Å². The maximum Gasteiger partial charge on any atom is 0.223 e. The molecule has 2 unspecified atom stereocenters. The van der Waals surface area contributed by atoms with Crippen molar-refractivity contribution in [3.63, 3.8) is 0 Å². The molecule has 0 aromatic heterocycles. The fraction of sp³-hybridized carbons (Fsp3) is 0.562. The predicted molar refractivity (Wildman–Crippen MR) is 82.3 cm³/mol. The average molecular weight is 309 g/mol. The maximum absolute atomic E-state index is 12.6. The van der Waals surface area contributed by atoms with Crippen LogP contribution in [0.25, 0.3) is 0 Å². The van der Waals surface area contributed by atoms with Crippen molar-refractivity contribution < 1.29 is 9.53 Å². The van der Waals surface area contributed by atoms with Gasteiger partial charge in [0.1, 0.15) is 0 Å². The van der Waals surface area contributed by atoms with Crippen molar-refractivity contribution in [3.8, 4) is 0 Å². The number of halogens is 1. The maximum atomic E-state index is 12.6. The fourth-order valence-electron chi connectivity index (χ4n) is 3.13. The number of carbonyl (C=O) groups excluding carboxylic acids is 1.